The van der Waals surface area contributed by atoms with Crippen molar-refractivity contribution >= 4 is 17.5 Å². The fourth-order valence-corrected chi connectivity index (χ4v) is 2.59. The summed E-state index contributed by atoms with van der Waals surface area (Å²) in [4.78, 5) is 14.3. The van der Waals surface area contributed by atoms with Crippen molar-refractivity contribution in [3.63, 3.8) is 0 Å². The number of nitrogens with one attached hydrogen (secondary N) is 1. The molecule has 1 amide bonds. The molecule has 2 rings (SSSR count). The Labute approximate surface area is 152 Å². The summed E-state index contributed by atoms with van der Waals surface area (Å²) in [5.74, 6) is -0.0598. The molecular weight excluding hydrogens is 343 g/mol. The maximum absolute atomic E-state index is 13.1. The smallest absolute Gasteiger partial charge is 0.260 e. The normalized spacial score (nSPS) is 13.4. The Morgan fingerprint density at radius 1 is 1.20 bits per heavy atom. The molecule has 0 spiro atoms. The van der Waals surface area contributed by atoms with E-state index in [1.807, 2.05) is 19.0 Å². The van der Waals surface area contributed by atoms with E-state index in [9.17, 15) is 9.18 Å². The van der Waals surface area contributed by atoms with Crippen molar-refractivity contribution in [3.05, 3.63) is 64.9 Å². The van der Waals surface area contributed by atoms with Crippen LogP contribution in [0.3, 0.4) is 0 Å². The Bertz CT molecular complexity index is 707. The third-order valence-electron chi connectivity index (χ3n) is 3.86. The molecule has 0 radical (unpaired) electrons. The fraction of sp³-hybridized carbons (Fsp3) is 0.316. The lowest BCUT2D eigenvalue weighted by Crippen LogP contribution is -2.41. The molecule has 134 valence electrons. The summed E-state index contributed by atoms with van der Waals surface area (Å²) >= 11 is 6.04. The maximum Gasteiger partial charge on any atom is 0.260 e. The summed E-state index contributed by atoms with van der Waals surface area (Å²) in [5.41, 5.74) is 0.923. The molecule has 2 atom stereocenters. The molecule has 0 heterocycles. The Balaban J connectivity index is 1.96. The summed E-state index contributed by atoms with van der Waals surface area (Å²) in [6.45, 7) is 2.05. The van der Waals surface area contributed by atoms with Gasteiger partial charge in [-0.05, 0) is 50.8 Å². The van der Waals surface area contributed by atoms with E-state index in [2.05, 4.69) is 5.32 Å². The molecule has 6 heteroatoms. The minimum Gasteiger partial charge on any atom is -0.479 e. The van der Waals surface area contributed by atoms with Gasteiger partial charge in [-0.1, -0.05) is 35.9 Å². The Kier molecular flexibility index (Phi) is 6.79. The minimum atomic E-state index is -0.684. The molecule has 0 bridgehead atoms. The highest BCUT2D eigenvalue weighted by Crippen LogP contribution is 2.24. The van der Waals surface area contributed by atoms with Crippen LogP contribution in [0.2, 0.25) is 5.02 Å². The first-order chi connectivity index (χ1) is 11.9. The van der Waals surface area contributed by atoms with Gasteiger partial charge in [0, 0.05) is 6.54 Å². The van der Waals surface area contributed by atoms with E-state index in [-0.39, 0.29) is 17.8 Å². The zero-order chi connectivity index (χ0) is 18.4. The van der Waals surface area contributed by atoms with Crippen LogP contribution in [0, 0.1) is 5.82 Å². The molecule has 2 aromatic carbocycles. The monoisotopic (exact) mass is 364 g/mol. The number of likely N-dealkylation sites (N-methyl/N-ethyl adjacent to an activating group) is 1. The maximum atomic E-state index is 13.1. The highest BCUT2D eigenvalue weighted by Gasteiger charge is 2.19. The van der Waals surface area contributed by atoms with Crippen molar-refractivity contribution in [3.8, 4) is 5.75 Å². The van der Waals surface area contributed by atoms with Crippen LogP contribution < -0.4 is 10.1 Å². The molecule has 0 aromatic heterocycles. The van der Waals surface area contributed by atoms with Gasteiger partial charge in [-0.15, -0.1) is 0 Å². The molecule has 2 unspecified atom stereocenters. The second-order valence-electron chi connectivity index (χ2n) is 5.97. The van der Waals surface area contributed by atoms with E-state index in [1.54, 1.807) is 43.3 Å². The zero-order valence-corrected chi connectivity index (χ0v) is 15.3. The third-order valence-corrected chi connectivity index (χ3v) is 4.17. The molecule has 0 aliphatic carbocycles. The molecule has 0 fully saturated rings. The van der Waals surface area contributed by atoms with Gasteiger partial charge >= 0.3 is 0 Å². The van der Waals surface area contributed by atoms with Crippen LogP contribution in [-0.2, 0) is 4.79 Å². The van der Waals surface area contributed by atoms with Crippen LogP contribution in [-0.4, -0.2) is 37.6 Å². The highest BCUT2D eigenvalue weighted by molar-refractivity contribution is 6.32. The number of hydrogen-bond donors (Lipinski definition) is 1. The number of carbonyl (C=O) groups is 1. The van der Waals surface area contributed by atoms with Crippen molar-refractivity contribution in [1.82, 2.24) is 10.2 Å². The van der Waals surface area contributed by atoms with Gasteiger partial charge in [0.1, 0.15) is 11.6 Å². The van der Waals surface area contributed by atoms with Crippen LogP contribution in [0.25, 0.3) is 0 Å². The number of amides is 1. The van der Waals surface area contributed by atoms with Gasteiger partial charge in [-0.3, -0.25) is 4.79 Å². The number of benzene rings is 2. The zero-order valence-electron chi connectivity index (χ0n) is 14.5. The van der Waals surface area contributed by atoms with Gasteiger partial charge in [0.15, 0.2) is 6.10 Å². The molecule has 25 heavy (non-hydrogen) atoms. The third kappa shape index (κ3) is 5.44. The summed E-state index contributed by atoms with van der Waals surface area (Å²) < 4.78 is 18.7. The number of para-hydroxylation sites is 1. The second kappa shape index (κ2) is 8.83. The number of hydrogen-bond acceptors (Lipinski definition) is 3. The van der Waals surface area contributed by atoms with Gasteiger partial charge in [0.25, 0.3) is 5.91 Å². The summed E-state index contributed by atoms with van der Waals surface area (Å²) in [6.07, 6.45) is -0.684. The van der Waals surface area contributed by atoms with E-state index in [4.69, 9.17) is 16.3 Å². The number of rotatable bonds is 7. The molecule has 0 aliphatic rings. The minimum absolute atomic E-state index is 0.0722. The summed E-state index contributed by atoms with van der Waals surface area (Å²) in [5, 5.41) is 3.33. The van der Waals surface area contributed by atoms with Crippen LogP contribution >= 0.6 is 11.6 Å². The van der Waals surface area contributed by atoms with Crippen molar-refractivity contribution in [2.45, 2.75) is 19.1 Å². The molecular formula is C19H22ClFN2O2. The fourth-order valence-electron chi connectivity index (χ4n) is 2.41. The van der Waals surface area contributed by atoms with Gasteiger partial charge in [-0.25, -0.2) is 4.39 Å². The number of halogens is 2. The Morgan fingerprint density at radius 3 is 2.44 bits per heavy atom. The van der Waals surface area contributed by atoms with E-state index in [0.717, 1.165) is 5.56 Å². The standard InChI is InChI=1S/C19H22ClFN2O2/c1-13(25-18-7-5-4-6-16(18)20)19(24)22-12-17(23(2)3)14-8-10-15(21)11-9-14/h4-11,13,17H,12H2,1-3H3,(H,22,24). The van der Waals surface area contributed by atoms with Gasteiger partial charge in [-0.2, -0.15) is 0 Å². The van der Waals surface area contributed by atoms with Crippen LogP contribution in [0.1, 0.15) is 18.5 Å². The first kappa shape index (κ1) is 19.2. The topological polar surface area (TPSA) is 41.6 Å². The SMILES string of the molecule is CC(Oc1ccccc1Cl)C(=O)NCC(c1ccc(F)cc1)N(C)C. The lowest BCUT2D eigenvalue weighted by molar-refractivity contribution is -0.127. The predicted octanol–water partition coefficient (Wildman–Crippen LogP) is 3.67. The summed E-state index contributed by atoms with van der Waals surface area (Å²) in [7, 11) is 3.81. The molecule has 0 aliphatic heterocycles. The van der Waals surface area contributed by atoms with Gasteiger partial charge in [0.05, 0.1) is 11.1 Å². The van der Waals surface area contributed by atoms with Crippen molar-refractivity contribution < 1.29 is 13.9 Å². The molecule has 2 aromatic rings. The van der Waals surface area contributed by atoms with Crippen LogP contribution in [0.15, 0.2) is 48.5 Å². The van der Waals surface area contributed by atoms with Crippen molar-refractivity contribution in [2.24, 2.45) is 0 Å². The molecule has 4 nitrogen and oxygen atoms in total. The van der Waals surface area contributed by atoms with E-state index in [0.29, 0.717) is 17.3 Å². The predicted molar refractivity (Wildman–Crippen MR) is 97.4 cm³/mol. The number of nitrogens with zero attached hydrogens (tertiary/aromatic N) is 1. The molecule has 0 saturated heterocycles. The van der Waals surface area contributed by atoms with Crippen molar-refractivity contribution in [2.75, 3.05) is 20.6 Å². The Hall–Kier alpha value is -2.11. The molecule has 0 saturated carbocycles. The van der Waals surface area contributed by atoms with E-state index in [1.165, 1.54) is 12.1 Å². The average molecular weight is 365 g/mol. The van der Waals surface area contributed by atoms with Gasteiger partial charge < -0.3 is 15.0 Å². The average Bonchev–Trinajstić information content (AvgIpc) is 2.58. The molecule has 1 N–H and O–H groups in total. The lowest BCUT2D eigenvalue weighted by Gasteiger charge is -2.26. The lowest BCUT2D eigenvalue weighted by atomic mass is 10.1. The van der Waals surface area contributed by atoms with Crippen LogP contribution in [0.4, 0.5) is 4.39 Å². The largest absolute Gasteiger partial charge is 0.479 e. The number of ether oxygens (including phenoxy) is 1. The Morgan fingerprint density at radius 2 is 1.84 bits per heavy atom. The first-order valence-corrected chi connectivity index (χ1v) is 8.37. The van der Waals surface area contributed by atoms with E-state index >= 15 is 0 Å². The quantitative estimate of drug-likeness (QED) is 0.815. The van der Waals surface area contributed by atoms with Crippen molar-refractivity contribution in [1.29, 1.82) is 0 Å². The number of carbonyl (C=O) groups excluding carboxylic acids is 1. The first-order valence-electron chi connectivity index (χ1n) is 7.99. The highest BCUT2D eigenvalue weighted by atomic mass is 35.5. The van der Waals surface area contributed by atoms with Crippen LogP contribution in [0.5, 0.6) is 5.75 Å². The van der Waals surface area contributed by atoms with Gasteiger partial charge in [0.2, 0.25) is 0 Å². The summed E-state index contributed by atoms with van der Waals surface area (Å²) in [6, 6.07) is 13.2. The second-order valence-corrected chi connectivity index (χ2v) is 6.37. The van der Waals surface area contributed by atoms with E-state index < -0.39 is 6.10 Å².